The molecule has 0 aliphatic carbocycles. The number of carbonyl (C=O) groups excluding carboxylic acids is 1. The van der Waals surface area contributed by atoms with Crippen LogP contribution in [0.15, 0.2) is 42.7 Å². The molecule has 0 bridgehead atoms. The molecule has 4 heterocycles. The van der Waals surface area contributed by atoms with Crippen molar-refractivity contribution in [3.8, 4) is 0 Å². The summed E-state index contributed by atoms with van der Waals surface area (Å²) in [5, 5.41) is 8.76. The first-order chi connectivity index (χ1) is 16.5. The first kappa shape index (κ1) is 21.9. The Morgan fingerprint density at radius 1 is 1.15 bits per heavy atom. The molecule has 10 heteroatoms. The molecule has 176 valence electrons. The molecule has 5 rings (SSSR count). The number of halogens is 1. The van der Waals surface area contributed by atoms with E-state index in [9.17, 15) is 9.18 Å². The lowest BCUT2D eigenvalue weighted by atomic mass is 10.0. The number of nitrogens with zero attached hydrogens (tertiary/aromatic N) is 6. The van der Waals surface area contributed by atoms with Gasteiger partial charge in [0.2, 0.25) is 0 Å². The van der Waals surface area contributed by atoms with Gasteiger partial charge < -0.3 is 19.9 Å². The van der Waals surface area contributed by atoms with Crippen LogP contribution < -0.4 is 10.2 Å². The van der Waals surface area contributed by atoms with Crippen LogP contribution in [0, 0.1) is 12.7 Å². The van der Waals surface area contributed by atoms with Crippen LogP contribution in [0.5, 0.6) is 0 Å². The second kappa shape index (κ2) is 8.77. The van der Waals surface area contributed by atoms with Gasteiger partial charge in [0.15, 0.2) is 5.65 Å². The van der Waals surface area contributed by atoms with Gasteiger partial charge in [0.1, 0.15) is 17.5 Å². The molecule has 0 saturated carbocycles. The van der Waals surface area contributed by atoms with Gasteiger partial charge in [-0.15, -0.1) is 0 Å². The lowest BCUT2D eigenvalue weighted by Gasteiger charge is -2.36. The molecule has 9 nitrogen and oxygen atoms in total. The SMILES string of the molecule is COC(=O)N1CCN(c2nc3c(C)c(F)ccc3cc2[C@H](C)Nc2ccnc3ccnn23)CC1. The van der Waals surface area contributed by atoms with Crippen molar-refractivity contribution in [2.45, 2.75) is 19.9 Å². The van der Waals surface area contributed by atoms with Gasteiger partial charge in [-0.3, -0.25) is 0 Å². The number of pyridine rings is 1. The Labute approximate surface area is 196 Å². The minimum atomic E-state index is -0.333. The lowest BCUT2D eigenvalue weighted by Crippen LogP contribution is -2.49. The summed E-state index contributed by atoms with van der Waals surface area (Å²) in [7, 11) is 1.39. The number of hydrogen-bond donors (Lipinski definition) is 1. The van der Waals surface area contributed by atoms with E-state index in [1.54, 1.807) is 34.8 Å². The highest BCUT2D eigenvalue weighted by atomic mass is 19.1. The van der Waals surface area contributed by atoms with Crippen LogP contribution in [0.2, 0.25) is 0 Å². The third-order valence-electron chi connectivity index (χ3n) is 6.32. The molecule has 1 amide bonds. The van der Waals surface area contributed by atoms with Gasteiger partial charge in [-0.2, -0.15) is 9.61 Å². The number of benzene rings is 1. The molecule has 1 aliphatic rings. The molecular formula is C24H26FN7O2. The fourth-order valence-electron chi connectivity index (χ4n) is 4.41. The Kier molecular flexibility index (Phi) is 5.64. The van der Waals surface area contributed by atoms with E-state index in [0.717, 1.165) is 28.2 Å². The molecule has 1 saturated heterocycles. The van der Waals surface area contributed by atoms with Gasteiger partial charge in [0.05, 0.1) is 24.9 Å². The Bertz CT molecular complexity index is 1360. The summed E-state index contributed by atoms with van der Waals surface area (Å²) in [4.78, 5) is 25.0. The molecule has 0 spiro atoms. The van der Waals surface area contributed by atoms with Gasteiger partial charge in [-0.1, -0.05) is 0 Å². The van der Waals surface area contributed by atoms with Crippen molar-refractivity contribution >= 4 is 34.3 Å². The first-order valence-electron chi connectivity index (χ1n) is 11.2. The smallest absolute Gasteiger partial charge is 0.409 e. The number of rotatable bonds is 4. The summed E-state index contributed by atoms with van der Waals surface area (Å²) in [6, 6.07) is 8.89. The molecule has 1 N–H and O–H groups in total. The van der Waals surface area contributed by atoms with Crippen LogP contribution in [0.1, 0.15) is 24.1 Å². The van der Waals surface area contributed by atoms with Crippen LogP contribution in [-0.4, -0.2) is 63.9 Å². The van der Waals surface area contributed by atoms with E-state index in [-0.39, 0.29) is 18.0 Å². The van der Waals surface area contributed by atoms with E-state index >= 15 is 0 Å². The fourth-order valence-corrected chi connectivity index (χ4v) is 4.41. The fraction of sp³-hybridized carbons (Fsp3) is 0.333. The highest BCUT2D eigenvalue weighted by Crippen LogP contribution is 2.33. The van der Waals surface area contributed by atoms with Gasteiger partial charge in [0, 0.05) is 55.0 Å². The van der Waals surface area contributed by atoms with Gasteiger partial charge in [0.25, 0.3) is 0 Å². The van der Waals surface area contributed by atoms with Crippen molar-refractivity contribution < 1.29 is 13.9 Å². The normalized spacial score (nSPS) is 15.1. The molecular weight excluding hydrogens is 437 g/mol. The molecule has 1 aromatic carbocycles. The summed E-state index contributed by atoms with van der Waals surface area (Å²) >= 11 is 0. The maximum Gasteiger partial charge on any atom is 0.409 e. The third kappa shape index (κ3) is 3.85. The number of nitrogens with one attached hydrogen (secondary N) is 1. The lowest BCUT2D eigenvalue weighted by molar-refractivity contribution is 0.121. The van der Waals surface area contributed by atoms with Crippen molar-refractivity contribution in [1.29, 1.82) is 0 Å². The van der Waals surface area contributed by atoms with Gasteiger partial charge in [-0.25, -0.2) is 19.2 Å². The number of methoxy groups -OCH3 is 1. The van der Waals surface area contributed by atoms with Crippen molar-refractivity contribution in [1.82, 2.24) is 24.5 Å². The van der Waals surface area contributed by atoms with E-state index < -0.39 is 0 Å². The molecule has 1 atom stereocenters. The minimum Gasteiger partial charge on any atom is -0.453 e. The van der Waals surface area contributed by atoms with E-state index in [4.69, 9.17) is 9.72 Å². The Morgan fingerprint density at radius 3 is 2.71 bits per heavy atom. The van der Waals surface area contributed by atoms with Crippen LogP contribution >= 0.6 is 0 Å². The highest BCUT2D eigenvalue weighted by molar-refractivity contribution is 5.85. The molecule has 0 unspecified atom stereocenters. The summed E-state index contributed by atoms with van der Waals surface area (Å²) in [6.45, 7) is 6.04. The zero-order chi connectivity index (χ0) is 23.8. The summed E-state index contributed by atoms with van der Waals surface area (Å²) in [5.41, 5.74) is 2.88. The van der Waals surface area contributed by atoms with Crippen LogP contribution in [0.3, 0.4) is 0 Å². The van der Waals surface area contributed by atoms with Crippen molar-refractivity contribution in [2.24, 2.45) is 0 Å². The highest BCUT2D eigenvalue weighted by Gasteiger charge is 2.26. The number of piperazine rings is 1. The average Bonchev–Trinajstić information content (AvgIpc) is 3.35. The van der Waals surface area contributed by atoms with Crippen molar-refractivity contribution in [2.75, 3.05) is 43.5 Å². The maximum absolute atomic E-state index is 14.3. The van der Waals surface area contributed by atoms with Crippen LogP contribution in [0.4, 0.5) is 20.8 Å². The number of fused-ring (bicyclic) bond motifs is 2. The van der Waals surface area contributed by atoms with E-state index in [1.807, 2.05) is 12.1 Å². The number of carbonyl (C=O) groups is 1. The van der Waals surface area contributed by atoms with Crippen LogP contribution in [0.25, 0.3) is 16.6 Å². The Morgan fingerprint density at radius 2 is 1.94 bits per heavy atom. The van der Waals surface area contributed by atoms with Gasteiger partial charge in [-0.05, 0) is 38.1 Å². The van der Waals surface area contributed by atoms with Crippen LogP contribution in [-0.2, 0) is 4.74 Å². The number of amides is 1. The minimum absolute atomic E-state index is 0.134. The Balaban J connectivity index is 1.54. The van der Waals surface area contributed by atoms with E-state index in [2.05, 4.69) is 33.3 Å². The number of aryl methyl sites for hydroxylation is 1. The largest absolute Gasteiger partial charge is 0.453 e. The summed E-state index contributed by atoms with van der Waals surface area (Å²) < 4.78 is 20.9. The molecule has 0 radical (unpaired) electrons. The third-order valence-corrected chi connectivity index (χ3v) is 6.32. The summed E-state index contributed by atoms with van der Waals surface area (Å²) in [6.07, 6.45) is 3.11. The zero-order valence-corrected chi connectivity index (χ0v) is 19.3. The van der Waals surface area contributed by atoms with Gasteiger partial charge >= 0.3 is 6.09 Å². The average molecular weight is 464 g/mol. The second-order valence-electron chi connectivity index (χ2n) is 8.39. The summed E-state index contributed by atoms with van der Waals surface area (Å²) in [5.74, 6) is 1.30. The Hall–Kier alpha value is -3.95. The monoisotopic (exact) mass is 463 g/mol. The maximum atomic E-state index is 14.3. The first-order valence-corrected chi connectivity index (χ1v) is 11.2. The van der Waals surface area contributed by atoms with E-state index in [1.165, 1.54) is 13.2 Å². The van der Waals surface area contributed by atoms with Crippen molar-refractivity contribution in [3.05, 3.63) is 59.7 Å². The quantitative estimate of drug-likeness (QED) is 0.493. The second-order valence-corrected chi connectivity index (χ2v) is 8.39. The molecule has 1 fully saturated rings. The molecule has 1 aliphatic heterocycles. The van der Waals surface area contributed by atoms with E-state index in [0.29, 0.717) is 37.3 Å². The zero-order valence-electron chi connectivity index (χ0n) is 19.3. The molecule has 34 heavy (non-hydrogen) atoms. The standard InChI is InChI=1S/C24H26FN7O2/c1-15-19(25)5-4-17-14-18(16(2)28-21-6-8-26-20-7-9-27-32(20)21)23(29-22(15)17)30-10-12-31(13-11-30)24(33)34-3/h4-9,14,16,28H,10-13H2,1-3H3/t16-/m0/s1. The predicted molar refractivity (Wildman–Crippen MR) is 128 cm³/mol. The topological polar surface area (TPSA) is 87.9 Å². The molecule has 3 aromatic heterocycles. The number of ether oxygens (including phenoxy) is 1. The van der Waals surface area contributed by atoms with Crippen molar-refractivity contribution in [3.63, 3.8) is 0 Å². The number of anilines is 2. The predicted octanol–water partition coefficient (Wildman–Crippen LogP) is 3.79. The number of aromatic nitrogens is 4. The number of hydrogen-bond acceptors (Lipinski definition) is 7. The molecule has 4 aromatic rings.